The number of ether oxygens (including phenoxy) is 3. The molecule has 1 heterocycles. The second-order valence-corrected chi connectivity index (χ2v) is 7.65. The summed E-state index contributed by atoms with van der Waals surface area (Å²) >= 11 is 3.46. The Morgan fingerprint density at radius 1 is 1.08 bits per heavy atom. The number of hydrogen-bond donors (Lipinski definition) is 0. The Hall–Kier alpha value is -1.67. The molecule has 4 nitrogen and oxygen atoms in total. The van der Waals surface area contributed by atoms with E-state index in [9.17, 15) is 13.0 Å². The standard InChI is InChI=1S/C17H15BrF2O4S/c18-14-8-16-15(22-5-6-23-16)7-12(14)10-25(21)9-11-1-3-13(4-2-11)24-17(19)20/h1-4,7-8,17H,5-6,9-10H2/t25-/m1/s1. The van der Waals surface area contributed by atoms with Gasteiger partial charge in [0.2, 0.25) is 0 Å². The third-order valence-corrected chi connectivity index (χ3v) is 5.53. The molecule has 1 aliphatic heterocycles. The average molecular weight is 433 g/mol. The first-order valence-corrected chi connectivity index (χ1v) is 9.76. The van der Waals surface area contributed by atoms with Gasteiger partial charge in [-0.25, -0.2) is 0 Å². The van der Waals surface area contributed by atoms with Gasteiger partial charge in [0.25, 0.3) is 0 Å². The van der Waals surface area contributed by atoms with Crippen LogP contribution in [0, 0.1) is 0 Å². The van der Waals surface area contributed by atoms with Gasteiger partial charge in [-0.3, -0.25) is 4.21 Å². The molecule has 0 aliphatic carbocycles. The van der Waals surface area contributed by atoms with Crippen LogP contribution in [-0.2, 0) is 22.3 Å². The number of alkyl halides is 2. The molecule has 1 aliphatic rings. The van der Waals surface area contributed by atoms with E-state index in [4.69, 9.17) is 9.47 Å². The zero-order chi connectivity index (χ0) is 17.8. The number of halogens is 3. The van der Waals surface area contributed by atoms with E-state index in [1.807, 2.05) is 12.1 Å². The van der Waals surface area contributed by atoms with Crippen molar-refractivity contribution in [3.8, 4) is 17.2 Å². The van der Waals surface area contributed by atoms with E-state index in [-0.39, 0.29) is 5.75 Å². The maximum Gasteiger partial charge on any atom is 0.387 e. The Morgan fingerprint density at radius 2 is 1.72 bits per heavy atom. The maximum absolute atomic E-state index is 12.4. The molecule has 1 atom stereocenters. The van der Waals surface area contributed by atoms with Crippen molar-refractivity contribution in [2.24, 2.45) is 0 Å². The molecule has 0 spiro atoms. The summed E-state index contributed by atoms with van der Waals surface area (Å²) in [6, 6.07) is 9.80. The van der Waals surface area contributed by atoms with Crippen LogP contribution in [0.5, 0.6) is 17.2 Å². The molecule has 0 unspecified atom stereocenters. The summed E-state index contributed by atoms with van der Waals surface area (Å²) in [5, 5.41) is 0. The third-order valence-electron chi connectivity index (χ3n) is 3.50. The molecular weight excluding hydrogens is 418 g/mol. The van der Waals surface area contributed by atoms with Gasteiger partial charge in [0.15, 0.2) is 11.5 Å². The molecule has 0 amide bonds. The molecular formula is C17H15BrF2O4S. The van der Waals surface area contributed by atoms with Gasteiger partial charge in [-0.2, -0.15) is 8.78 Å². The average Bonchev–Trinajstić information content (AvgIpc) is 2.57. The minimum absolute atomic E-state index is 0.0825. The normalized spacial score (nSPS) is 14.4. The molecule has 0 saturated carbocycles. The fourth-order valence-corrected chi connectivity index (χ4v) is 4.29. The van der Waals surface area contributed by atoms with Crippen molar-refractivity contribution in [1.82, 2.24) is 0 Å². The predicted octanol–water partition coefficient (Wildman–Crippen LogP) is 4.27. The molecule has 3 rings (SSSR count). The van der Waals surface area contributed by atoms with E-state index in [1.165, 1.54) is 12.1 Å². The quantitative estimate of drug-likeness (QED) is 0.683. The highest BCUT2D eigenvalue weighted by atomic mass is 79.9. The molecule has 0 aromatic heterocycles. The Labute approximate surface area is 154 Å². The van der Waals surface area contributed by atoms with Crippen LogP contribution < -0.4 is 14.2 Å². The van der Waals surface area contributed by atoms with Gasteiger partial charge >= 0.3 is 6.61 Å². The fraction of sp³-hybridized carbons (Fsp3) is 0.294. The van der Waals surface area contributed by atoms with Crippen LogP contribution >= 0.6 is 15.9 Å². The van der Waals surface area contributed by atoms with E-state index in [2.05, 4.69) is 20.7 Å². The lowest BCUT2D eigenvalue weighted by Crippen LogP contribution is -2.15. The molecule has 0 fully saturated rings. The molecule has 0 N–H and O–H groups in total. The smallest absolute Gasteiger partial charge is 0.387 e. The molecule has 0 bridgehead atoms. The predicted molar refractivity (Wildman–Crippen MR) is 93.8 cm³/mol. The first-order chi connectivity index (χ1) is 12.0. The molecule has 2 aromatic rings. The van der Waals surface area contributed by atoms with E-state index in [1.54, 1.807) is 12.1 Å². The summed E-state index contributed by atoms with van der Waals surface area (Å²) in [5.74, 6) is 2.05. The van der Waals surface area contributed by atoms with Gasteiger partial charge in [-0.05, 0) is 35.4 Å². The zero-order valence-corrected chi connectivity index (χ0v) is 15.4. The number of hydrogen-bond acceptors (Lipinski definition) is 4. The molecule has 2 aromatic carbocycles. The maximum atomic E-state index is 12.4. The summed E-state index contributed by atoms with van der Waals surface area (Å²) in [4.78, 5) is 0. The minimum Gasteiger partial charge on any atom is -0.486 e. The highest BCUT2D eigenvalue weighted by Gasteiger charge is 2.16. The SMILES string of the molecule is O=[S@](Cc1ccc(OC(F)F)cc1)Cc1cc2c(cc1Br)OCCO2. The molecule has 25 heavy (non-hydrogen) atoms. The van der Waals surface area contributed by atoms with Crippen molar-refractivity contribution in [2.45, 2.75) is 18.1 Å². The second-order valence-electron chi connectivity index (χ2n) is 5.34. The van der Waals surface area contributed by atoms with E-state index in [0.29, 0.717) is 36.2 Å². The van der Waals surface area contributed by atoms with Crippen LogP contribution in [0.2, 0.25) is 0 Å². The lowest BCUT2D eigenvalue weighted by molar-refractivity contribution is -0.0498. The van der Waals surface area contributed by atoms with Crippen molar-refractivity contribution in [1.29, 1.82) is 0 Å². The highest BCUT2D eigenvalue weighted by molar-refractivity contribution is 9.10. The summed E-state index contributed by atoms with van der Waals surface area (Å²) < 4.78 is 52.9. The van der Waals surface area contributed by atoms with Gasteiger partial charge in [0.1, 0.15) is 19.0 Å². The minimum atomic E-state index is -2.85. The van der Waals surface area contributed by atoms with Gasteiger partial charge in [0.05, 0.1) is 5.75 Å². The molecule has 8 heteroatoms. The van der Waals surface area contributed by atoms with Crippen molar-refractivity contribution in [3.63, 3.8) is 0 Å². The summed E-state index contributed by atoms with van der Waals surface area (Å²) in [6.07, 6.45) is 0. The number of benzene rings is 2. The van der Waals surface area contributed by atoms with Gasteiger partial charge in [-0.15, -0.1) is 0 Å². The van der Waals surface area contributed by atoms with Crippen LogP contribution in [0.15, 0.2) is 40.9 Å². The third kappa shape index (κ3) is 4.92. The molecule has 0 saturated heterocycles. The van der Waals surface area contributed by atoms with E-state index in [0.717, 1.165) is 15.6 Å². The Kier molecular flexibility index (Phi) is 5.90. The first-order valence-electron chi connectivity index (χ1n) is 7.48. The van der Waals surface area contributed by atoms with Crippen LogP contribution in [0.3, 0.4) is 0 Å². The first kappa shape index (κ1) is 18.1. The van der Waals surface area contributed by atoms with Crippen LogP contribution in [-0.4, -0.2) is 24.0 Å². The number of fused-ring (bicyclic) bond motifs is 1. The van der Waals surface area contributed by atoms with Crippen molar-refractivity contribution in [3.05, 3.63) is 52.0 Å². The van der Waals surface area contributed by atoms with Gasteiger partial charge in [0, 0.05) is 21.0 Å². The summed E-state index contributed by atoms with van der Waals surface area (Å²) in [7, 11) is -1.17. The summed E-state index contributed by atoms with van der Waals surface area (Å²) in [6.45, 7) is -1.85. The van der Waals surface area contributed by atoms with Gasteiger partial charge < -0.3 is 14.2 Å². The molecule has 0 radical (unpaired) electrons. The topological polar surface area (TPSA) is 44.8 Å². The number of rotatable bonds is 6. The Morgan fingerprint density at radius 3 is 2.36 bits per heavy atom. The second kappa shape index (κ2) is 8.14. The molecule has 134 valence electrons. The Bertz CT molecular complexity index is 768. The van der Waals surface area contributed by atoms with Crippen LogP contribution in [0.25, 0.3) is 0 Å². The zero-order valence-electron chi connectivity index (χ0n) is 13.0. The van der Waals surface area contributed by atoms with E-state index >= 15 is 0 Å². The van der Waals surface area contributed by atoms with E-state index < -0.39 is 17.4 Å². The van der Waals surface area contributed by atoms with Crippen molar-refractivity contribution in [2.75, 3.05) is 13.2 Å². The van der Waals surface area contributed by atoms with Crippen molar-refractivity contribution < 1.29 is 27.2 Å². The lowest BCUT2D eigenvalue weighted by Gasteiger charge is -2.19. The van der Waals surface area contributed by atoms with Gasteiger partial charge in [-0.1, -0.05) is 28.1 Å². The monoisotopic (exact) mass is 432 g/mol. The van der Waals surface area contributed by atoms with Crippen LogP contribution in [0.1, 0.15) is 11.1 Å². The fourth-order valence-electron chi connectivity index (χ4n) is 2.39. The highest BCUT2D eigenvalue weighted by Crippen LogP contribution is 2.36. The Balaban J connectivity index is 1.64. The van der Waals surface area contributed by atoms with Crippen LogP contribution in [0.4, 0.5) is 8.78 Å². The lowest BCUT2D eigenvalue weighted by atomic mass is 10.2. The summed E-state index contributed by atoms with van der Waals surface area (Å²) in [5.41, 5.74) is 1.65. The largest absolute Gasteiger partial charge is 0.486 e. The van der Waals surface area contributed by atoms with Crippen molar-refractivity contribution >= 4 is 26.7 Å².